The van der Waals surface area contributed by atoms with E-state index < -0.39 is 0 Å². The minimum atomic E-state index is -0.321. The molecule has 8 heteroatoms. The second-order valence-electron chi connectivity index (χ2n) is 6.24. The van der Waals surface area contributed by atoms with Gasteiger partial charge in [-0.15, -0.1) is 0 Å². The van der Waals surface area contributed by atoms with Crippen LogP contribution in [-0.4, -0.2) is 41.6 Å². The Labute approximate surface area is 165 Å². The highest BCUT2D eigenvalue weighted by molar-refractivity contribution is 5.65. The summed E-state index contributed by atoms with van der Waals surface area (Å²) in [6.07, 6.45) is 2.44. The van der Waals surface area contributed by atoms with Gasteiger partial charge in [0, 0.05) is 24.7 Å². The number of benzene rings is 1. The van der Waals surface area contributed by atoms with Gasteiger partial charge in [-0.05, 0) is 32.5 Å². The van der Waals surface area contributed by atoms with Crippen LogP contribution in [0.25, 0.3) is 0 Å². The fourth-order valence-electron chi connectivity index (χ4n) is 2.84. The maximum atomic E-state index is 14.7. The zero-order valence-electron chi connectivity index (χ0n) is 16.8. The van der Waals surface area contributed by atoms with Gasteiger partial charge >= 0.3 is 0 Å². The van der Waals surface area contributed by atoms with Gasteiger partial charge < -0.3 is 15.4 Å². The van der Waals surface area contributed by atoms with Gasteiger partial charge in [-0.2, -0.15) is 10.2 Å². The number of rotatable bonds is 10. The van der Waals surface area contributed by atoms with Crippen molar-refractivity contribution in [3.63, 3.8) is 0 Å². The first kappa shape index (κ1) is 21.4. The molecule has 1 aromatic carbocycles. The van der Waals surface area contributed by atoms with Gasteiger partial charge in [0.2, 0.25) is 5.95 Å². The average molecular weight is 386 g/mol. The molecule has 0 spiro atoms. The number of anilines is 3. The summed E-state index contributed by atoms with van der Waals surface area (Å²) in [4.78, 5) is 10.6. The Kier molecular flexibility index (Phi) is 7.96. The summed E-state index contributed by atoms with van der Waals surface area (Å²) < 4.78 is 20.1. The molecular weight excluding hydrogens is 359 g/mol. The van der Waals surface area contributed by atoms with E-state index in [0.717, 1.165) is 19.5 Å². The largest absolute Gasteiger partial charge is 0.495 e. The molecule has 2 N–H and O–H groups in total. The van der Waals surface area contributed by atoms with Crippen LogP contribution < -0.4 is 15.4 Å². The van der Waals surface area contributed by atoms with Crippen LogP contribution in [0.5, 0.6) is 5.75 Å². The van der Waals surface area contributed by atoms with Crippen LogP contribution in [0.3, 0.4) is 0 Å². The lowest BCUT2D eigenvalue weighted by molar-refractivity contribution is 0.276. The standard InChI is InChI=1S/C20H27FN6O/c1-5-8-27(7-3)13-14-9-18(28-4)17(10-16(14)21)25-20-24-12-15(11-22)19(26-20)23-6-2/h9-10,12H,5-8,13H2,1-4H3,(H2,23,24,25,26). The Balaban J connectivity index is 2.30. The predicted octanol–water partition coefficient (Wildman–Crippen LogP) is 3.90. The Morgan fingerprint density at radius 3 is 2.68 bits per heavy atom. The van der Waals surface area contributed by atoms with Gasteiger partial charge in [0.25, 0.3) is 0 Å². The topological polar surface area (TPSA) is 86.1 Å². The quantitative estimate of drug-likeness (QED) is 0.640. The summed E-state index contributed by atoms with van der Waals surface area (Å²) in [7, 11) is 1.54. The zero-order valence-corrected chi connectivity index (χ0v) is 16.8. The van der Waals surface area contributed by atoms with Crippen molar-refractivity contribution >= 4 is 17.5 Å². The van der Waals surface area contributed by atoms with E-state index >= 15 is 0 Å². The smallest absolute Gasteiger partial charge is 0.229 e. The van der Waals surface area contributed by atoms with Crippen LogP contribution in [0, 0.1) is 17.1 Å². The molecule has 2 rings (SSSR count). The zero-order chi connectivity index (χ0) is 20.5. The molecule has 0 amide bonds. The van der Waals surface area contributed by atoms with Crippen molar-refractivity contribution in [2.45, 2.75) is 33.7 Å². The van der Waals surface area contributed by atoms with Crippen molar-refractivity contribution in [2.24, 2.45) is 0 Å². The van der Waals surface area contributed by atoms with E-state index in [1.54, 1.807) is 6.07 Å². The van der Waals surface area contributed by atoms with Gasteiger partial charge in [0.05, 0.1) is 19.0 Å². The molecule has 1 aromatic heterocycles. The molecule has 0 saturated heterocycles. The molecule has 0 aliphatic heterocycles. The van der Waals surface area contributed by atoms with Crippen molar-refractivity contribution < 1.29 is 9.13 Å². The molecule has 0 aliphatic rings. The summed E-state index contributed by atoms with van der Waals surface area (Å²) >= 11 is 0. The summed E-state index contributed by atoms with van der Waals surface area (Å²) in [5.74, 6) is 0.860. The minimum absolute atomic E-state index is 0.251. The lowest BCUT2D eigenvalue weighted by Crippen LogP contribution is -2.24. The van der Waals surface area contributed by atoms with E-state index in [1.165, 1.54) is 19.4 Å². The number of nitrogens with one attached hydrogen (secondary N) is 2. The third-order valence-electron chi connectivity index (χ3n) is 4.25. The molecule has 2 aromatic rings. The highest BCUT2D eigenvalue weighted by Gasteiger charge is 2.15. The fourth-order valence-corrected chi connectivity index (χ4v) is 2.84. The van der Waals surface area contributed by atoms with Crippen LogP contribution in [0.1, 0.15) is 38.3 Å². The SMILES string of the molecule is CCCN(CC)Cc1cc(OC)c(Nc2ncc(C#N)c(NCC)n2)cc1F. The van der Waals surface area contributed by atoms with E-state index in [1.807, 2.05) is 13.0 Å². The maximum Gasteiger partial charge on any atom is 0.229 e. The first-order chi connectivity index (χ1) is 13.6. The molecule has 0 saturated carbocycles. The van der Waals surface area contributed by atoms with Gasteiger partial charge in [0.1, 0.15) is 29.0 Å². The number of nitriles is 1. The van der Waals surface area contributed by atoms with E-state index in [2.05, 4.69) is 39.3 Å². The molecule has 0 aliphatic carbocycles. The normalized spacial score (nSPS) is 10.6. The summed E-state index contributed by atoms with van der Waals surface area (Å²) in [5.41, 5.74) is 1.35. The minimum Gasteiger partial charge on any atom is -0.495 e. The molecular formula is C20H27FN6O. The van der Waals surface area contributed by atoms with Crippen LogP contribution >= 0.6 is 0 Å². The number of hydrogen-bond acceptors (Lipinski definition) is 7. The van der Waals surface area contributed by atoms with E-state index in [9.17, 15) is 4.39 Å². The number of ether oxygens (including phenoxy) is 1. The van der Waals surface area contributed by atoms with Gasteiger partial charge in [-0.3, -0.25) is 4.90 Å². The molecule has 0 bridgehead atoms. The van der Waals surface area contributed by atoms with Crippen LogP contribution in [0.15, 0.2) is 18.3 Å². The van der Waals surface area contributed by atoms with Crippen LogP contribution in [-0.2, 0) is 6.54 Å². The Bertz CT molecular complexity index is 836. The Morgan fingerprint density at radius 2 is 2.07 bits per heavy atom. The van der Waals surface area contributed by atoms with Crippen molar-refractivity contribution in [3.8, 4) is 11.8 Å². The second-order valence-corrected chi connectivity index (χ2v) is 6.24. The highest BCUT2D eigenvalue weighted by atomic mass is 19.1. The summed E-state index contributed by atoms with van der Waals surface area (Å²) in [6, 6.07) is 5.13. The van der Waals surface area contributed by atoms with Crippen LogP contribution in [0.2, 0.25) is 0 Å². The summed E-state index contributed by atoms with van der Waals surface area (Å²) in [6.45, 7) is 8.96. The third-order valence-corrected chi connectivity index (χ3v) is 4.25. The number of hydrogen-bond donors (Lipinski definition) is 2. The lowest BCUT2D eigenvalue weighted by atomic mass is 10.1. The van der Waals surface area contributed by atoms with E-state index in [0.29, 0.717) is 41.5 Å². The first-order valence-corrected chi connectivity index (χ1v) is 9.42. The molecule has 0 unspecified atom stereocenters. The van der Waals surface area contributed by atoms with Crippen molar-refractivity contribution in [2.75, 3.05) is 37.4 Å². The van der Waals surface area contributed by atoms with Gasteiger partial charge in [0.15, 0.2) is 0 Å². The van der Waals surface area contributed by atoms with Crippen molar-refractivity contribution in [3.05, 3.63) is 35.3 Å². The van der Waals surface area contributed by atoms with E-state index in [-0.39, 0.29) is 11.8 Å². The second kappa shape index (κ2) is 10.4. The van der Waals surface area contributed by atoms with Crippen molar-refractivity contribution in [1.82, 2.24) is 14.9 Å². The molecule has 28 heavy (non-hydrogen) atoms. The van der Waals surface area contributed by atoms with Gasteiger partial charge in [-0.1, -0.05) is 13.8 Å². The molecule has 0 radical (unpaired) electrons. The average Bonchev–Trinajstić information content (AvgIpc) is 2.70. The Hall–Kier alpha value is -2.92. The predicted molar refractivity (Wildman–Crippen MR) is 108 cm³/mol. The summed E-state index contributed by atoms with van der Waals surface area (Å²) in [5, 5.41) is 15.1. The number of methoxy groups -OCH3 is 1. The van der Waals surface area contributed by atoms with Crippen molar-refractivity contribution in [1.29, 1.82) is 5.26 Å². The van der Waals surface area contributed by atoms with Gasteiger partial charge in [-0.25, -0.2) is 9.37 Å². The number of halogens is 1. The number of nitrogens with zero attached hydrogens (tertiary/aromatic N) is 4. The van der Waals surface area contributed by atoms with Crippen LogP contribution in [0.4, 0.5) is 21.8 Å². The van der Waals surface area contributed by atoms with E-state index in [4.69, 9.17) is 10.00 Å². The molecule has 0 fully saturated rings. The molecule has 0 atom stereocenters. The molecule has 1 heterocycles. The first-order valence-electron chi connectivity index (χ1n) is 9.42. The monoisotopic (exact) mass is 386 g/mol. The third kappa shape index (κ3) is 5.30. The maximum absolute atomic E-state index is 14.7. The number of aromatic nitrogens is 2. The molecule has 7 nitrogen and oxygen atoms in total. The molecule has 150 valence electrons. The highest BCUT2D eigenvalue weighted by Crippen LogP contribution is 2.30. The Morgan fingerprint density at radius 1 is 1.29 bits per heavy atom. The lowest BCUT2D eigenvalue weighted by Gasteiger charge is -2.21. The fraction of sp³-hybridized carbons (Fsp3) is 0.450.